The van der Waals surface area contributed by atoms with Gasteiger partial charge in [0.15, 0.2) is 4.80 Å². The zero-order valence-electron chi connectivity index (χ0n) is 20.2. The molecule has 0 aliphatic carbocycles. The van der Waals surface area contributed by atoms with Gasteiger partial charge in [-0.05, 0) is 43.7 Å². The molecule has 0 amide bonds. The number of hydrogen-bond donors (Lipinski definition) is 0. The third-order valence-corrected chi connectivity index (χ3v) is 7.46. The maximum atomic E-state index is 13.7. The molecule has 192 valence electrons. The number of aromatic nitrogens is 1. The highest BCUT2D eigenvalue weighted by atomic mass is 79.9. The first-order chi connectivity index (χ1) is 18.3. The van der Waals surface area contributed by atoms with Gasteiger partial charge in [0, 0.05) is 28.2 Å². The number of non-ortho nitro benzene ring substituents is 1. The maximum absolute atomic E-state index is 13.7. The second kappa shape index (κ2) is 10.3. The molecule has 3 heterocycles. The molecule has 2 aromatic heterocycles. The lowest BCUT2D eigenvalue weighted by Gasteiger charge is -2.24. The lowest BCUT2D eigenvalue weighted by molar-refractivity contribution is -0.384. The number of nitrogens with zero attached hydrogens (tertiary/aromatic N) is 3. The van der Waals surface area contributed by atoms with E-state index in [1.165, 1.54) is 28.0 Å². The molecule has 0 spiro atoms. The average molecular weight is 594 g/mol. The van der Waals surface area contributed by atoms with Crippen molar-refractivity contribution in [3.05, 3.63) is 118 Å². The van der Waals surface area contributed by atoms with Crippen molar-refractivity contribution in [2.24, 2.45) is 4.99 Å². The predicted molar refractivity (Wildman–Crippen MR) is 145 cm³/mol. The van der Waals surface area contributed by atoms with Gasteiger partial charge < -0.3 is 9.15 Å². The summed E-state index contributed by atoms with van der Waals surface area (Å²) in [5.74, 6) is 0.308. The Balaban J connectivity index is 1.61. The Morgan fingerprint density at radius 3 is 2.71 bits per heavy atom. The van der Waals surface area contributed by atoms with Gasteiger partial charge in [0.05, 0.1) is 33.4 Å². The molecule has 0 saturated heterocycles. The number of esters is 1. The molecular weight excluding hydrogens is 574 g/mol. The molecule has 11 heteroatoms. The van der Waals surface area contributed by atoms with Crippen molar-refractivity contribution in [1.29, 1.82) is 0 Å². The molecule has 0 bridgehead atoms. The Labute approximate surface area is 228 Å². The van der Waals surface area contributed by atoms with Gasteiger partial charge in [0.25, 0.3) is 11.2 Å². The number of rotatable bonds is 6. The number of nitro benzene ring substituents is 1. The van der Waals surface area contributed by atoms with Crippen molar-refractivity contribution in [2.45, 2.75) is 19.9 Å². The van der Waals surface area contributed by atoms with Crippen molar-refractivity contribution in [1.82, 2.24) is 4.57 Å². The zero-order chi connectivity index (χ0) is 27.0. The molecule has 0 fully saturated rings. The number of fused-ring (bicyclic) bond motifs is 1. The van der Waals surface area contributed by atoms with Crippen LogP contribution in [0.3, 0.4) is 0 Å². The monoisotopic (exact) mass is 593 g/mol. The number of hydrogen-bond acceptors (Lipinski definition) is 8. The number of ether oxygens (including phenoxy) is 1. The van der Waals surface area contributed by atoms with Crippen LogP contribution in [0.5, 0.6) is 0 Å². The fraction of sp³-hybridized carbons (Fsp3) is 0.148. The van der Waals surface area contributed by atoms with E-state index in [0.29, 0.717) is 37.7 Å². The molecule has 0 N–H and O–H groups in total. The number of carbonyl (C=O) groups is 1. The summed E-state index contributed by atoms with van der Waals surface area (Å²) in [6.45, 7) is 3.65. The molecule has 0 unspecified atom stereocenters. The van der Waals surface area contributed by atoms with Crippen LogP contribution >= 0.6 is 27.3 Å². The van der Waals surface area contributed by atoms with Crippen LogP contribution in [0, 0.1) is 10.1 Å². The Morgan fingerprint density at radius 1 is 1.24 bits per heavy atom. The largest absolute Gasteiger partial charge is 0.463 e. The van der Waals surface area contributed by atoms with Crippen LogP contribution in [0.15, 0.2) is 90.6 Å². The standard InChI is InChI=1S/C27H20BrN3O6S/c1-3-36-26(33)23-15(2)29-27-30(24(23)16-7-9-18(28)10-8-16)25(32)22(38-27)14-20-11-12-21(37-20)17-5-4-6-19(13-17)31(34)35/h4-14,24H,3H2,1-2H3/b22-14-/t24-/m0/s1. The molecule has 9 nitrogen and oxygen atoms in total. The molecule has 38 heavy (non-hydrogen) atoms. The fourth-order valence-corrected chi connectivity index (χ4v) is 5.53. The lowest BCUT2D eigenvalue weighted by Crippen LogP contribution is -2.39. The number of halogens is 1. The average Bonchev–Trinajstić information content (AvgIpc) is 3.48. The van der Waals surface area contributed by atoms with Crippen molar-refractivity contribution >= 4 is 45.0 Å². The topological polar surface area (TPSA) is 117 Å². The van der Waals surface area contributed by atoms with E-state index in [9.17, 15) is 19.7 Å². The lowest BCUT2D eigenvalue weighted by atomic mass is 9.96. The minimum absolute atomic E-state index is 0.0468. The number of furan rings is 1. The molecule has 0 saturated carbocycles. The Bertz CT molecular complexity index is 1780. The van der Waals surface area contributed by atoms with E-state index >= 15 is 0 Å². The summed E-state index contributed by atoms with van der Waals surface area (Å²) < 4.78 is 13.9. The third-order valence-electron chi connectivity index (χ3n) is 5.94. The molecular formula is C27H20BrN3O6S. The second-order valence-corrected chi connectivity index (χ2v) is 10.3. The smallest absolute Gasteiger partial charge is 0.338 e. The number of nitro groups is 1. The minimum atomic E-state index is -0.711. The van der Waals surface area contributed by atoms with Crippen LogP contribution in [0.25, 0.3) is 17.4 Å². The molecule has 1 aliphatic rings. The van der Waals surface area contributed by atoms with Crippen molar-refractivity contribution in [3.8, 4) is 11.3 Å². The fourth-order valence-electron chi connectivity index (χ4n) is 4.24. The highest BCUT2D eigenvalue weighted by Gasteiger charge is 2.33. The van der Waals surface area contributed by atoms with Gasteiger partial charge in [-0.3, -0.25) is 19.5 Å². The highest BCUT2D eigenvalue weighted by Crippen LogP contribution is 2.31. The van der Waals surface area contributed by atoms with Gasteiger partial charge in [0.2, 0.25) is 0 Å². The predicted octanol–water partition coefficient (Wildman–Crippen LogP) is 4.73. The summed E-state index contributed by atoms with van der Waals surface area (Å²) in [5, 5.41) is 11.1. The van der Waals surface area contributed by atoms with Gasteiger partial charge in [-0.2, -0.15) is 0 Å². The van der Waals surface area contributed by atoms with Gasteiger partial charge in [-0.25, -0.2) is 9.79 Å². The van der Waals surface area contributed by atoms with E-state index in [0.717, 1.165) is 10.0 Å². The first-order valence-corrected chi connectivity index (χ1v) is 13.2. The van der Waals surface area contributed by atoms with Crippen LogP contribution in [0.1, 0.15) is 31.2 Å². The Hall–Kier alpha value is -4.09. The zero-order valence-corrected chi connectivity index (χ0v) is 22.6. The van der Waals surface area contributed by atoms with Gasteiger partial charge in [-0.1, -0.05) is 51.5 Å². The summed E-state index contributed by atoms with van der Waals surface area (Å²) >= 11 is 4.61. The molecule has 2 aromatic carbocycles. The number of benzene rings is 2. The Kier molecular flexibility index (Phi) is 6.96. The summed E-state index contributed by atoms with van der Waals surface area (Å²) in [4.78, 5) is 42.3. The third kappa shape index (κ3) is 4.77. The van der Waals surface area contributed by atoms with Crippen LogP contribution in [-0.4, -0.2) is 22.1 Å². The highest BCUT2D eigenvalue weighted by molar-refractivity contribution is 9.10. The van der Waals surface area contributed by atoms with Crippen molar-refractivity contribution in [2.75, 3.05) is 6.61 Å². The SMILES string of the molecule is CCOC(=O)C1=C(C)N=c2s/c(=C\c3ccc(-c4cccc([N+](=O)[O-])c4)o3)c(=O)n2[C@H]1c1ccc(Br)cc1. The van der Waals surface area contributed by atoms with E-state index in [-0.39, 0.29) is 17.9 Å². The van der Waals surface area contributed by atoms with Crippen LogP contribution in [0.4, 0.5) is 5.69 Å². The van der Waals surface area contributed by atoms with Gasteiger partial charge in [-0.15, -0.1) is 0 Å². The summed E-state index contributed by atoms with van der Waals surface area (Å²) in [6, 6.07) is 16.2. The maximum Gasteiger partial charge on any atom is 0.338 e. The van der Waals surface area contributed by atoms with Crippen LogP contribution in [0.2, 0.25) is 0 Å². The van der Waals surface area contributed by atoms with E-state index in [4.69, 9.17) is 9.15 Å². The minimum Gasteiger partial charge on any atom is -0.463 e. The molecule has 4 aromatic rings. The number of carbonyl (C=O) groups excluding carboxylic acids is 1. The van der Waals surface area contributed by atoms with Crippen LogP contribution < -0.4 is 14.9 Å². The van der Waals surface area contributed by atoms with Gasteiger partial charge in [0.1, 0.15) is 11.5 Å². The van der Waals surface area contributed by atoms with E-state index in [2.05, 4.69) is 20.9 Å². The van der Waals surface area contributed by atoms with Crippen molar-refractivity contribution in [3.63, 3.8) is 0 Å². The summed E-state index contributed by atoms with van der Waals surface area (Å²) in [6.07, 6.45) is 1.60. The molecule has 5 rings (SSSR count). The molecule has 0 radical (unpaired) electrons. The first-order valence-electron chi connectivity index (χ1n) is 11.6. The number of allylic oxidation sites excluding steroid dienone is 1. The van der Waals surface area contributed by atoms with Crippen molar-refractivity contribution < 1.29 is 18.9 Å². The first kappa shape index (κ1) is 25.6. The summed E-state index contributed by atoms with van der Waals surface area (Å²) in [7, 11) is 0. The number of thiazole rings is 1. The van der Waals surface area contributed by atoms with Crippen LogP contribution in [-0.2, 0) is 9.53 Å². The van der Waals surface area contributed by atoms with Gasteiger partial charge >= 0.3 is 5.97 Å². The van der Waals surface area contributed by atoms with E-state index in [1.807, 2.05) is 24.3 Å². The Morgan fingerprint density at radius 2 is 2.00 bits per heavy atom. The molecule has 1 aliphatic heterocycles. The van der Waals surface area contributed by atoms with E-state index in [1.54, 1.807) is 44.2 Å². The quantitative estimate of drug-likeness (QED) is 0.181. The second-order valence-electron chi connectivity index (χ2n) is 8.36. The van der Waals surface area contributed by atoms with E-state index < -0.39 is 16.9 Å². The molecule has 1 atom stereocenters. The normalized spacial score (nSPS) is 15.2. The summed E-state index contributed by atoms with van der Waals surface area (Å²) in [5.41, 5.74) is 1.70.